The lowest BCUT2D eigenvalue weighted by molar-refractivity contribution is 0.900. The standard InChI is InChI=1S/C15H17NO/c1-2-4-10-7-8-14-12(9-10)15(17)11-5-3-6-13(11)16-14/h7-9H,2-6H2,1H3,(H,16,17). The van der Waals surface area contributed by atoms with Crippen molar-refractivity contribution >= 4 is 10.9 Å². The summed E-state index contributed by atoms with van der Waals surface area (Å²) in [6.07, 6.45) is 5.25. The topological polar surface area (TPSA) is 32.9 Å². The summed E-state index contributed by atoms with van der Waals surface area (Å²) >= 11 is 0. The molecule has 0 fully saturated rings. The number of H-pyrrole nitrogens is 1. The summed E-state index contributed by atoms with van der Waals surface area (Å²) in [5.74, 6) is 0. The van der Waals surface area contributed by atoms with Gasteiger partial charge in [0.25, 0.3) is 0 Å². The van der Waals surface area contributed by atoms with Crippen molar-refractivity contribution in [3.63, 3.8) is 0 Å². The van der Waals surface area contributed by atoms with Gasteiger partial charge in [0.15, 0.2) is 5.43 Å². The Bertz CT molecular complexity index is 625. The van der Waals surface area contributed by atoms with Crippen LogP contribution in [-0.2, 0) is 19.3 Å². The Morgan fingerprint density at radius 1 is 1.29 bits per heavy atom. The highest BCUT2D eigenvalue weighted by atomic mass is 16.1. The highest BCUT2D eigenvalue weighted by Crippen LogP contribution is 2.21. The van der Waals surface area contributed by atoms with Crippen molar-refractivity contribution in [1.29, 1.82) is 0 Å². The quantitative estimate of drug-likeness (QED) is 0.840. The molecular weight excluding hydrogens is 210 g/mol. The number of fused-ring (bicyclic) bond motifs is 2. The van der Waals surface area contributed by atoms with Gasteiger partial charge in [0.2, 0.25) is 0 Å². The molecule has 88 valence electrons. The average Bonchev–Trinajstić information content (AvgIpc) is 2.79. The van der Waals surface area contributed by atoms with Crippen molar-refractivity contribution < 1.29 is 0 Å². The minimum absolute atomic E-state index is 0.254. The number of rotatable bonds is 2. The van der Waals surface area contributed by atoms with Gasteiger partial charge in [-0.2, -0.15) is 0 Å². The predicted molar refractivity (Wildman–Crippen MR) is 70.6 cm³/mol. The molecule has 0 aliphatic heterocycles. The van der Waals surface area contributed by atoms with Crippen molar-refractivity contribution in [2.24, 2.45) is 0 Å². The van der Waals surface area contributed by atoms with E-state index < -0.39 is 0 Å². The fourth-order valence-electron chi connectivity index (χ4n) is 2.79. The maximum absolute atomic E-state index is 12.4. The van der Waals surface area contributed by atoms with Gasteiger partial charge < -0.3 is 4.98 Å². The van der Waals surface area contributed by atoms with Crippen LogP contribution in [0.4, 0.5) is 0 Å². The third kappa shape index (κ3) is 1.68. The summed E-state index contributed by atoms with van der Waals surface area (Å²) in [6, 6.07) is 6.25. The van der Waals surface area contributed by atoms with Gasteiger partial charge in [0.05, 0.1) is 0 Å². The molecule has 1 aliphatic carbocycles. The fourth-order valence-corrected chi connectivity index (χ4v) is 2.79. The molecule has 0 atom stereocenters. The first-order chi connectivity index (χ1) is 8.29. The van der Waals surface area contributed by atoms with Gasteiger partial charge in [-0.3, -0.25) is 4.79 Å². The van der Waals surface area contributed by atoms with Gasteiger partial charge in [-0.05, 0) is 43.4 Å². The number of hydrogen-bond acceptors (Lipinski definition) is 1. The molecule has 2 aromatic rings. The van der Waals surface area contributed by atoms with Crippen LogP contribution in [0.1, 0.15) is 36.6 Å². The molecule has 1 N–H and O–H groups in total. The lowest BCUT2D eigenvalue weighted by atomic mass is 10.0. The molecule has 0 saturated heterocycles. The molecule has 0 radical (unpaired) electrons. The third-order valence-electron chi connectivity index (χ3n) is 3.64. The molecule has 0 saturated carbocycles. The van der Waals surface area contributed by atoms with Crippen LogP contribution in [0.2, 0.25) is 0 Å². The normalized spacial score (nSPS) is 14.2. The van der Waals surface area contributed by atoms with Crippen LogP contribution in [0.25, 0.3) is 10.9 Å². The maximum atomic E-state index is 12.4. The van der Waals surface area contributed by atoms with Crippen LogP contribution in [0.15, 0.2) is 23.0 Å². The molecule has 1 aromatic heterocycles. The summed E-state index contributed by atoms with van der Waals surface area (Å²) in [6.45, 7) is 2.16. The lowest BCUT2D eigenvalue weighted by Crippen LogP contribution is -2.10. The number of nitrogens with one attached hydrogen (secondary N) is 1. The Labute approximate surface area is 101 Å². The molecule has 0 unspecified atom stereocenters. The number of hydrogen-bond donors (Lipinski definition) is 1. The molecule has 0 bridgehead atoms. The van der Waals surface area contributed by atoms with E-state index in [0.717, 1.165) is 54.3 Å². The summed E-state index contributed by atoms with van der Waals surface area (Å²) in [7, 11) is 0. The van der Waals surface area contributed by atoms with E-state index in [1.807, 2.05) is 0 Å². The second-order valence-electron chi connectivity index (χ2n) is 4.89. The number of aromatic nitrogens is 1. The van der Waals surface area contributed by atoms with Crippen LogP contribution in [-0.4, -0.2) is 4.98 Å². The largest absolute Gasteiger partial charge is 0.358 e. The monoisotopic (exact) mass is 227 g/mol. The van der Waals surface area contributed by atoms with E-state index in [0.29, 0.717) is 0 Å². The Morgan fingerprint density at radius 2 is 2.18 bits per heavy atom. The van der Waals surface area contributed by atoms with Gasteiger partial charge in [-0.25, -0.2) is 0 Å². The predicted octanol–water partition coefficient (Wildman–Crippen LogP) is 2.97. The minimum Gasteiger partial charge on any atom is -0.358 e. The molecule has 17 heavy (non-hydrogen) atoms. The molecule has 1 aromatic carbocycles. The summed E-state index contributed by atoms with van der Waals surface area (Å²) in [5, 5.41) is 0.872. The third-order valence-corrected chi connectivity index (χ3v) is 3.64. The Balaban J connectivity index is 2.26. The number of benzene rings is 1. The molecular formula is C15H17NO. The Hall–Kier alpha value is -1.57. The molecule has 3 rings (SSSR count). The van der Waals surface area contributed by atoms with E-state index in [2.05, 4.69) is 30.1 Å². The van der Waals surface area contributed by atoms with Gasteiger partial charge in [0.1, 0.15) is 0 Å². The molecule has 2 nitrogen and oxygen atoms in total. The highest BCUT2D eigenvalue weighted by Gasteiger charge is 2.16. The molecule has 0 spiro atoms. The minimum atomic E-state index is 0.254. The number of aryl methyl sites for hydroxylation is 2. The van der Waals surface area contributed by atoms with E-state index in [-0.39, 0.29) is 5.43 Å². The zero-order valence-corrected chi connectivity index (χ0v) is 10.2. The van der Waals surface area contributed by atoms with Gasteiger partial charge >= 0.3 is 0 Å². The summed E-state index contributed by atoms with van der Waals surface area (Å²) in [4.78, 5) is 15.8. The zero-order chi connectivity index (χ0) is 11.8. The summed E-state index contributed by atoms with van der Waals surface area (Å²) in [5.41, 5.74) is 4.69. The van der Waals surface area contributed by atoms with Crippen molar-refractivity contribution in [3.8, 4) is 0 Å². The van der Waals surface area contributed by atoms with Crippen LogP contribution in [0.3, 0.4) is 0 Å². The molecule has 0 amide bonds. The van der Waals surface area contributed by atoms with E-state index in [4.69, 9.17) is 0 Å². The van der Waals surface area contributed by atoms with Gasteiger partial charge in [-0.1, -0.05) is 19.4 Å². The maximum Gasteiger partial charge on any atom is 0.192 e. The molecule has 1 heterocycles. The fraction of sp³-hybridized carbons (Fsp3) is 0.400. The van der Waals surface area contributed by atoms with E-state index in [9.17, 15) is 4.79 Å². The first kappa shape index (κ1) is 10.6. The van der Waals surface area contributed by atoms with Crippen molar-refractivity contribution in [3.05, 3.63) is 45.2 Å². The van der Waals surface area contributed by atoms with Crippen LogP contribution >= 0.6 is 0 Å². The highest BCUT2D eigenvalue weighted by molar-refractivity contribution is 5.80. The van der Waals surface area contributed by atoms with Crippen molar-refractivity contribution in [1.82, 2.24) is 4.98 Å². The lowest BCUT2D eigenvalue weighted by Gasteiger charge is -2.05. The molecule has 2 heteroatoms. The first-order valence-electron chi connectivity index (χ1n) is 6.46. The Morgan fingerprint density at radius 3 is 3.00 bits per heavy atom. The van der Waals surface area contributed by atoms with Gasteiger partial charge in [-0.15, -0.1) is 0 Å². The number of pyridine rings is 1. The summed E-state index contributed by atoms with van der Waals surface area (Å²) < 4.78 is 0. The molecule has 1 aliphatic rings. The zero-order valence-electron chi connectivity index (χ0n) is 10.2. The SMILES string of the molecule is CCCc1ccc2[nH]c3c(c(=O)c2c1)CCC3. The van der Waals surface area contributed by atoms with Gasteiger partial charge in [0, 0.05) is 22.2 Å². The van der Waals surface area contributed by atoms with Crippen molar-refractivity contribution in [2.45, 2.75) is 39.0 Å². The van der Waals surface area contributed by atoms with E-state index in [1.165, 1.54) is 5.56 Å². The second-order valence-corrected chi connectivity index (χ2v) is 4.89. The smallest absolute Gasteiger partial charge is 0.192 e. The second kappa shape index (κ2) is 4.02. The van der Waals surface area contributed by atoms with E-state index >= 15 is 0 Å². The van der Waals surface area contributed by atoms with Crippen LogP contribution in [0.5, 0.6) is 0 Å². The van der Waals surface area contributed by atoms with E-state index in [1.54, 1.807) is 0 Å². The van der Waals surface area contributed by atoms with Crippen LogP contribution in [0, 0.1) is 0 Å². The average molecular weight is 227 g/mol. The number of aromatic amines is 1. The van der Waals surface area contributed by atoms with Crippen LogP contribution < -0.4 is 5.43 Å². The Kier molecular flexibility index (Phi) is 2.50. The van der Waals surface area contributed by atoms with Crippen molar-refractivity contribution in [2.75, 3.05) is 0 Å². The first-order valence-corrected chi connectivity index (χ1v) is 6.46.